The SMILES string of the molecule is Cc1ccc(F)c([C@@H](C)[C@H](NS(=O)(=O)N2CCC3(CC2)OCCO3)c2n[nH]c(=O)o2)c1C. The summed E-state index contributed by atoms with van der Waals surface area (Å²) in [7, 11) is -4.02. The second-order valence-electron chi connectivity index (χ2n) is 8.25. The summed E-state index contributed by atoms with van der Waals surface area (Å²) in [4.78, 5) is 11.6. The lowest BCUT2D eigenvalue weighted by Gasteiger charge is -2.37. The molecule has 2 N–H and O–H groups in total. The van der Waals surface area contributed by atoms with E-state index >= 15 is 0 Å². The number of halogens is 1. The van der Waals surface area contributed by atoms with Crippen molar-refractivity contribution in [2.24, 2.45) is 0 Å². The van der Waals surface area contributed by atoms with E-state index in [0.717, 1.165) is 5.56 Å². The highest BCUT2D eigenvalue weighted by Crippen LogP contribution is 2.36. The molecule has 2 atom stereocenters. The topological polar surface area (TPSA) is 127 Å². The molecule has 0 bridgehead atoms. The van der Waals surface area contributed by atoms with E-state index in [0.29, 0.717) is 37.2 Å². The highest BCUT2D eigenvalue weighted by atomic mass is 32.2. The van der Waals surface area contributed by atoms with Crippen molar-refractivity contribution in [3.05, 3.63) is 51.1 Å². The van der Waals surface area contributed by atoms with Crippen molar-refractivity contribution in [2.75, 3.05) is 26.3 Å². The Morgan fingerprint density at radius 2 is 1.88 bits per heavy atom. The van der Waals surface area contributed by atoms with E-state index in [9.17, 15) is 17.6 Å². The Balaban J connectivity index is 1.62. The molecule has 3 heterocycles. The Kier molecular flexibility index (Phi) is 6.25. The number of piperidine rings is 1. The molecule has 2 saturated heterocycles. The first-order valence-electron chi connectivity index (χ1n) is 10.5. The molecule has 32 heavy (non-hydrogen) atoms. The maximum absolute atomic E-state index is 14.8. The molecule has 10 nitrogen and oxygen atoms in total. The van der Waals surface area contributed by atoms with E-state index < -0.39 is 39.5 Å². The molecule has 2 fully saturated rings. The molecule has 2 aliphatic heterocycles. The van der Waals surface area contributed by atoms with Crippen molar-refractivity contribution in [3.8, 4) is 0 Å². The molecule has 1 aromatic heterocycles. The number of H-pyrrole nitrogens is 1. The molecule has 0 unspecified atom stereocenters. The first-order valence-corrected chi connectivity index (χ1v) is 11.9. The summed E-state index contributed by atoms with van der Waals surface area (Å²) in [5.74, 6) is -2.90. The second-order valence-corrected chi connectivity index (χ2v) is 9.95. The third kappa shape index (κ3) is 4.37. The molecular weight excluding hydrogens is 443 g/mol. The lowest BCUT2D eigenvalue weighted by Crippen LogP contribution is -2.51. The van der Waals surface area contributed by atoms with Crippen LogP contribution in [0.1, 0.15) is 54.3 Å². The average molecular weight is 471 g/mol. The first-order chi connectivity index (χ1) is 15.1. The third-order valence-electron chi connectivity index (χ3n) is 6.32. The fourth-order valence-corrected chi connectivity index (χ4v) is 5.80. The summed E-state index contributed by atoms with van der Waals surface area (Å²) < 4.78 is 61.5. The van der Waals surface area contributed by atoms with Gasteiger partial charge in [0, 0.05) is 31.8 Å². The van der Waals surface area contributed by atoms with Gasteiger partial charge < -0.3 is 13.9 Å². The Hall–Kier alpha value is -2.12. The number of aromatic amines is 1. The van der Waals surface area contributed by atoms with Gasteiger partial charge in [0.2, 0.25) is 5.89 Å². The monoisotopic (exact) mass is 470 g/mol. The van der Waals surface area contributed by atoms with Gasteiger partial charge in [-0.2, -0.15) is 17.4 Å². The summed E-state index contributed by atoms with van der Waals surface area (Å²) in [6.07, 6.45) is 0.800. The van der Waals surface area contributed by atoms with Crippen molar-refractivity contribution in [2.45, 2.75) is 51.4 Å². The molecule has 0 amide bonds. The minimum absolute atomic E-state index is 0.165. The van der Waals surface area contributed by atoms with Crippen molar-refractivity contribution >= 4 is 10.2 Å². The van der Waals surface area contributed by atoms with Gasteiger partial charge >= 0.3 is 5.76 Å². The van der Waals surface area contributed by atoms with Gasteiger partial charge in [-0.05, 0) is 36.6 Å². The predicted molar refractivity (Wildman–Crippen MR) is 112 cm³/mol. The largest absolute Gasteiger partial charge is 0.434 e. The molecule has 1 aromatic carbocycles. The van der Waals surface area contributed by atoms with Crippen molar-refractivity contribution in [1.82, 2.24) is 19.2 Å². The molecule has 0 aliphatic carbocycles. The fraction of sp³-hybridized carbons (Fsp3) is 0.600. The van der Waals surface area contributed by atoms with Gasteiger partial charge in [-0.1, -0.05) is 13.0 Å². The highest BCUT2D eigenvalue weighted by Gasteiger charge is 2.43. The number of ether oxygens (including phenoxy) is 2. The van der Waals surface area contributed by atoms with Gasteiger partial charge in [0.1, 0.15) is 11.9 Å². The zero-order valence-corrected chi connectivity index (χ0v) is 19.0. The van der Waals surface area contributed by atoms with Crippen LogP contribution in [0.3, 0.4) is 0 Å². The number of rotatable bonds is 6. The standard InChI is InChI=1S/C20H27FN4O6S/c1-12-4-5-15(21)16(13(12)2)14(3)17(18-22-23-19(26)31-18)24-32(27,28)25-8-6-20(7-9-25)29-10-11-30-20/h4-5,14,17,24H,6-11H2,1-3H3,(H,23,26)/t14-,17+/m1/s1. The zero-order valence-electron chi connectivity index (χ0n) is 18.2. The Morgan fingerprint density at radius 1 is 1.22 bits per heavy atom. The van der Waals surface area contributed by atoms with Gasteiger partial charge in [-0.25, -0.2) is 14.3 Å². The van der Waals surface area contributed by atoms with Gasteiger partial charge in [0.05, 0.1) is 13.2 Å². The molecule has 1 spiro atoms. The first kappa shape index (κ1) is 23.1. The molecule has 12 heteroatoms. The summed E-state index contributed by atoms with van der Waals surface area (Å²) in [5, 5.41) is 5.97. The number of hydrogen-bond acceptors (Lipinski definition) is 7. The second kappa shape index (κ2) is 8.67. The number of nitrogens with zero attached hydrogens (tertiary/aromatic N) is 2. The minimum atomic E-state index is -4.02. The number of aryl methyl sites for hydroxylation is 1. The summed E-state index contributed by atoms with van der Waals surface area (Å²) in [6, 6.07) is 1.89. The summed E-state index contributed by atoms with van der Waals surface area (Å²) in [5.41, 5.74) is 1.87. The van der Waals surface area contributed by atoms with Crippen LogP contribution in [0.25, 0.3) is 0 Å². The van der Waals surface area contributed by atoms with Crippen LogP contribution in [-0.4, -0.2) is 55.0 Å². The maximum atomic E-state index is 14.8. The van der Waals surface area contributed by atoms with Crippen molar-refractivity contribution in [3.63, 3.8) is 0 Å². The van der Waals surface area contributed by atoms with E-state index in [4.69, 9.17) is 13.9 Å². The van der Waals surface area contributed by atoms with Crippen molar-refractivity contribution < 1.29 is 26.7 Å². The average Bonchev–Trinajstić information content (AvgIpc) is 3.39. The van der Waals surface area contributed by atoms with Gasteiger partial charge in [-0.15, -0.1) is 5.10 Å². The minimum Gasteiger partial charge on any atom is -0.391 e. The molecule has 2 aliphatic rings. The fourth-order valence-electron chi connectivity index (χ4n) is 4.36. The third-order valence-corrected chi connectivity index (χ3v) is 7.92. The number of benzene rings is 1. The van der Waals surface area contributed by atoms with E-state index in [1.54, 1.807) is 19.9 Å². The molecule has 2 aromatic rings. The molecule has 0 saturated carbocycles. The van der Waals surface area contributed by atoms with E-state index in [2.05, 4.69) is 14.9 Å². The zero-order chi connectivity index (χ0) is 23.1. The van der Waals surface area contributed by atoms with Crippen LogP contribution in [0, 0.1) is 19.7 Å². The maximum Gasteiger partial charge on any atom is 0.434 e. The predicted octanol–water partition coefficient (Wildman–Crippen LogP) is 1.64. The summed E-state index contributed by atoms with van der Waals surface area (Å²) in [6.45, 7) is 6.64. The van der Waals surface area contributed by atoms with Gasteiger partial charge in [-0.3, -0.25) is 0 Å². The molecule has 0 radical (unpaired) electrons. The lowest BCUT2D eigenvalue weighted by atomic mass is 9.88. The summed E-state index contributed by atoms with van der Waals surface area (Å²) >= 11 is 0. The smallest absolute Gasteiger partial charge is 0.391 e. The van der Waals surface area contributed by atoms with E-state index in [-0.39, 0.29) is 19.0 Å². The van der Waals surface area contributed by atoms with Crippen molar-refractivity contribution in [1.29, 1.82) is 0 Å². The Labute approximate surface area is 185 Å². The van der Waals surface area contributed by atoms with Crippen LogP contribution >= 0.6 is 0 Å². The van der Waals surface area contributed by atoms with Crippen LogP contribution in [-0.2, 0) is 19.7 Å². The highest BCUT2D eigenvalue weighted by molar-refractivity contribution is 7.87. The van der Waals surface area contributed by atoms with Crippen LogP contribution in [0.4, 0.5) is 4.39 Å². The normalized spacial score (nSPS) is 21.1. The Morgan fingerprint density at radius 3 is 2.47 bits per heavy atom. The molecule has 176 valence electrons. The van der Waals surface area contributed by atoms with Gasteiger partial charge in [0.15, 0.2) is 5.79 Å². The number of nitrogens with one attached hydrogen (secondary N) is 2. The van der Waals surface area contributed by atoms with Crippen LogP contribution in [0.2, 0.25) is 0 Å². The number of hydrogen-bond donors (Lipinski definition) is 2. The lowest BCUT2D eigenvalue weighted by molar-refractivity contribution is -0.179. The van der Waals surface area contributed by atoms with Gasteiger partial charge in [0.25, 0.3) is 10.2 Å². The van der Waals surface area contributed by atoms with Crippen LogP contribution in [0.15, 0.2) is 21.3 Å². The Bertz CT molecular complexity index is 1130. The van der Waals surface area contributed by atoms with Crippen LogP contribution in [0.5, 0.6) is 0 Å². The van der Waals surface area contributed by atoms with Crippen LogP contribution < -0.4 is 10.5 Å². The van der Waals surface area contributed by atoms with E-state index in [1.807, 2.05) is 6.92 Å². The molecular formula is C20H27FN4O6S. The van der Waals surface area contributed by atoms with E-state index in [1.165, 1.54) is 10.4 Å². The molecule has 4 rings (SSSR count). The number of aromatic nitrogens is 2. The quantitative estimate of drug-likeness (QED) is 0.657.